The Bertz CT molecular complexity index is 869. The van der Waals surface area contributed by atoms with Gasteiger partial charge in [-0.2, -0.15) is 0 Å². The number of hydrogen-bond acceptors (Lipinski definition) is 6. The molecule has 9 heteroatoms. The first-order valence-electron chi connectivity index (χ1n) is 20.6. The number of phosphoric acid groups is 1. The molecule has 2 N–H and O–H groups in total. The van der Waals surface area contributed by atoms with E-state index in [0.717, 1.165) is 57.8 Å². The van der Waals surface area contributed by atoms with Gasteiger partial charge >= 0.3 is 19.8 Å². The Hall–Kier alpha value is -1.47. The molecule has 0 aromatic heterocycles. The minimum absolute atomic E-state index is 0.211. The fourth-order valence-electron chi connectivity index (χ4n) is 5.82. The van der Waals surface area contributed by atoms with Crippen LogP contribution in [0.3, 0.4) is 0 Å². The van der Waals surface area contributed by atoms with Crippen molar-refractivity contribution in [1.82, 2.24) is 0 Å². The van der Waals surface area contributed by atoms with Gasteiger partial charge in [0, 0.05) is 12.8 Å². The van der Waals surface area contributed by atoms with Crippen molar-refractivity contribution in [1.29, 1.82) is 0 Å². The van der Waals surface area contributed by atoms with E-state index >= 15 is 0 Å². The number of carbonyl (C=O) groups is 2. The highest BCUT2D eigenvalue weighted by Crippen LogP contribution is 2.36. The molecule has 0 bridgehead atoms. The van der Waals surface area contributed by atoms with Crippen molar-refractivity contribution in [2.75, 3.05) is 13.2 Å². The standard InChI is InChI=1S/C41H77O8P/c1-3-5-7-9-11-13-15-16-17-18-19-20-21-22-23-24-26-28-30-32-34-36-41(43)49-39(38-48-50(44,45)46)37-47-40(42)35-33-31-29-27-25-14-12-10-8-6-4-2/h10,12,16-17,39H,3-9,11,13-15,18-38H2,1-2H3,(H2,44,45,46)/b12-10+,17-16+/t39-/m1/s1. The summed E-state index contributed by atoms with van der Waals surface area (Å²) in [6, 6.07) is 0. The second-order valence-corrected chi connectivity index (χ2v) is 15.2. The summed E-state index contributed by atoms with van der Waals surface area (Å²) in [6.07, 6.45) is 41.9. The van der Waals surface area contributed by atoms with Gasteiger partial charge in [-0.3, -0.25) is 14.1 Å². The summed E-state index contributed by atoms with van der Waals surface area (Å²) in [5, 5.41) is 0. The lowest BCUT2D eigenvalue weighted by atomic mass is 10.0. The van der Waals surface area contributed by atoms with Gasteiger partial charge in [0.1, 0.15) is 6.61 Å². The second kappa shape index (κ2) is 37.3. The highest BCUT2D eigenvalue weighted by atomic mass is 31.2. The zero-order valence-electron chi connectivity index (χ0n) is 32.3. The highest BCUT2D eigenvalue weighted by molar-refractivity contribution is 7.46. The summed E-state index contributed by atoms with van der Waals surface area (Å²) < 4.78 is 26.3. The Labute approximate surface area is 307 Å². The van der Waals surface area contributed by atoms with Gasteiger partial charge in [0.25, 0.3) is 0 Å². The molecule has 0 rings (SSSR count). The van der Waals surface area contributed by atoms with E-state index in [-0.39, 0.29) is 19.4 Å². The van der Waals surface area contributed by atoms with Gasteiger partial charge in [-0.15, -0.1) is 0 Å². The summed E-state index contributed by atoms with van der Waals surface area (Å²) >= 11 is 0. The molecule has 0 amide bonds. The summed E-state index contributed by atoms with van der Waals surface area (Å²) in [4.78, 5) is 42.7. The summed E-state index contributed by atoms with van der Waals surface area (Å²) in [6.45, 7) is 3.64. The number of ether oxygens (including phenoxy) is 2. The molecular weight excluding hydrogens is 651 g/mol. The molecule has 0 radical (unpaired) electrons. The van der Waals surface area contributed by atoms with Gasteiger partial charge in [0.05, 0.1) is 6.61 Å². The Morgan fingerprint density at radius 3 is 1.28 bits per heavy atom. The first-order chi connectivity index (χ1) is 24.3. The van der Waals surface area contributed by atoms with E-state index in [9.17, 15) is 14.2 Å². The molecular formula is C41H77O8P. The SMILES string of the molecule is CCCC/C=C/CCCCCCCC(=O)OC[C@H](COP(=O)(O)O)OC(=O)CCCCCCCCCCCCC/C=C/CCCCCCCC. The Balaban J connectivity index is 3.86. The maximum Gasteiger partial charge on any atom is 0.469 e. The molecule has 0 aliphatic carbocycles. The molecule has 0 unspecified atom stereocenters. The maximum absolute atomic E-state index is 12.4. The zero-order chi connectivity index (χ0) is 36.8. The normalized spacial score (nSPS) is 12.6. The van der Waals surface area contributed by atoms with Crippen molar-refractivity contribution in [3.63, 3.8) is 0 Å². The number of unbranched alkanes of at least 4 members (excludes halogenated alkanes) is 24. The van der Waals surface area contributed by atoms with E-state index in [1.54, 1.807) is 0 Å². The van der Waals surface area contributed by atoms with Crippen LogP contribution in [0.5, 0.6) is 0 Å². The van der Waals surface area contributed by atoms with Crippen LogP contribution in [-0.4, -0.2) is 41.0 Å². The summed E-state index contributed by atoms with van der Waals surface area (Å²) in [7, 11) is -4.75. The monoisotopic (exact) mass is 729 g/mol. The van der Waals surface area contributed by atoms with Crippen molar-refractivity contribution < 1.29 is 37.9 Å². The summed E-state index contributed by atoms with van der Waals surface area (Å²) in [5.41, 5.74) is 0. The average Bonchev–Trinajstić information content (AvgIpc) is 3.08. The minimum atomic E-state index is -4.75. The molecule has 0 spiro atoms. The molecule has 294 valence electrons. The lowest BCUT2D eigenvalue weighted by Gasteiger charge is -2.18. The molecule has 0 aliphatic heterocycles. The van der Waals surface area contributed by atoms with Crippen LogP contribution in [0.25, 0.3) is 0 Å². The lowest BCUT2D eigenvalue weighted by molar-refractivity contribution is -0.161. The molecule has 0 fully saturated rings. The van der Waals surface area contributed by atoms with Crippen molar-refractivity contribution >= 4 is 19.8 Å². The molecule has 0 aliphatic rings. The quantitative estimate of drug-likeness (QED) is 0.0279. The largest absolute Gasteiger partial charge is 0.469 e. The van der Waals surface area contributed by atoms with E-state index in [1.165, 1.54) is 109 Å². The van der Waals surface area contributed by atoms with Crippen LogP contribution < -0.4 is 0 Å². The van der Waals surface area contributed by atoms with Crippen molar-refractivity contribution in [2.24, 2.45) is 0 Å². The minimum Gasteiger partial charge on any atom is -0.462 e. The smallest absolute Gasteiger partial charge is 0.462 e. The molecule has 1 atom stereocenters. The second-order valence-electron chi connectivity index (χ2n) is 14.0. The van der Waals surface area contributed by atoms with Crippen LogP contribution in [0.4, 0.5) is 0 Å². The fourth-order valence-corrected chi connectivity index (χ4v) is 6.18. The molecule has 0 aromatic rings. The predicted octanol–water partition coefficient (Wildman–Crippen LogP) is 12.4. The van der Waals surface area contributed by atoms with Gasteiger partial charge in [-0.1, -0.05) is 160 Å². The number of hydrogen-bond donors (Lipinski definition) is 2. The van der Waals surface area contributed by atoms with Crippen molar-refractivity contribution in [2.45, 2.75) is 213 Å². The van der Waals surface area contributed by atoms with Gasteiger partial charge < -0.3 is 19.3 Å². The third-order valence-electron chi connectivity index (χ3n) is 8.94. The maximum atomic E-state index is 12.4. The molecule has 0 saturated carbocycles. The highest BCUT2D eigenvalue weighted by Gasteiger charge is 2.22. The molecule has 8 nitrogen and oxygen atoms in total. The number of esters is 2. The van der Waals surface area contributed by atoms with Gasteiger partial charge in [0.15, 0.2) is 6.10 Å². The average molecular weight is 729 g/mol. The van der Waals surface area contributed by atoms with Crippen LogP contribution in [0.2, 0.25) is 0 Å². The number of phosphoric ester groups is 1. The Morgan fingerprint density at radius 2 is 0.860 bits per heavy atom. The van der Waals surface area contributed by atoms with Crippen molar-refractivity contribution in [3.8, 4) is 0 Å². The number of allylic oxidation sites excluding steroid dienone is 4. The molecule has 0 saturated heterocycles. The number of rotatable bonds is 38. The van der Waals surface area contributed by atoms with E-state index in [1.807, 2.05) is 0 Å². The lowest BCUT2D eigenvalue weighted by Crippen LogP contribution is -2.29. The third kappa shape index (κ3) is 39.3. The van der Waals surface area contributed by atoms with Gasteiger partial charge in [0.2, 0.25) is 0 Å². The van der Waals surface area contributed by atoms with Gasteiger partial charge in [-0.05, 0) is 57.8 Å². The molecule has 0 heterocycles. The first-order valence-corrected chi connectivity index (χ1v) is 22.2. The first kappa shape index (κ1) is 48.5. The van der Waals surface area contributed by atoms with Crippen LogP contribution in [0, 0.1) is 0 Å². The Kier molecular flexibility index (Phi) is 36.2. The topological polar surface area (TPSA) is 119 Å². The zero-order valence-corrected chi connectivity index (χ0v) is 33.2. The van der Waals surface area contributed by atoms with Crippen LogP contribution in [0.15, 0.2) is 24.3 Å². The van der Waals surface area contributed by atoms with Crippen molar-refractivity contribution in [3.05, 3.63) is 24.3 Å². The third-order valence-corrected chi connectivity index (χ3v) is 9.43. The van der Waals surface area contributed by atoms with E-state index < -0.39 is 32.5 Å². The molecule has 0 aromatic carbocycles. The predicted molar refractivity (Wildman–Crippen MR) is 207 cm³/mol. The van der Waals surface area contributed by atoms with E-state index in [0.29, 0.717) is 12.8 Å². The summed E-state index contributed by atoms with van der Waals surface area (Å²) in [5.74, 6) is -0.892. The van der Waals surface area contributed by atoms with Crippen LogP contribution >= 0.6 is 7.82 Å². The van der Waals surface area contributed by atoms with Crippen LogP contribution in [-0.2, 0) is 28.2 Å². The molecule has 50 heavy (non-hydrogen) atoms. The fraction of sp³-hybridized carbons (Fsp3) is 0.854. The van der Waals surface area contributed by atoms with E-state index in [4.69, 9.17) is 19.3 Å². The van der Waals surface area contributed by atoms with Crippen LogP contribution in [0.1, 0.15) is 206 Å². The number of carbonyl (C=O) groups excluding carboxylic acids is 2. The Morgan fingerprint density at radius 1 is 0.500 bits per heavy atom. The van der Waals surface area contributed by atoms with Gasteiger partial charge in [-0.25, -0.2) is 4.57 Å². The van der Waals surface area contributed by atoms with E-state index in [2.05, 4.69) is 42.7 Å².